The van der Waals surface area contributed by atoms with Crippen LogP contribution < -0.4 is 5.32 Å². The number of carbonyl (C=O) groups excluding carboxylic acids is 1. The molecule has 0 saturated carbocycles. The lowest BCUT2D eigenvalue weighted by Crippen LogP contribution is -2.48. The van der Waals surface area contributed by atoms with Crippen molar-refractivity contribution in [3.05, 3.63) is 78.0 Å². The van der Waals surface area contributed by atoms with E-state index >= 15 is 0 Å². The number of carbonyl (C=O) groups is 1. The van der Waals surface area contributed by atoms with Crippen LogP contribution in [0.1, 0.15) is 23.0 Å². The minimum Gasteiger partial charge on any atom is -0.322 e. The van der Waals surface area contributed by atoms with Gasteiger partial charge >= 0.3 is 0 Å². The van der Waals surface area contributed by atoms with E-state index in [9.17, 15) is 13.2 Å². The van der Waals surface area contributed by atoms with Gasteiger partial charge in [-0.25, -0.2) is 8.42 Å². The van der Waals surface area contributed by atoms with Crippen LogP contribution in [-0.4, -0.2) is 61.2 Å². The molecule has 172 valence electrons. The molecule has 1 fully saturated rings. The molecule has 0 atom stereocenters. The Labute approximate surface area is 195 Å². The van der Waals surface area contributed by atoms with Crippen molar-refractivity contribution >= 4 is 21.6 Å². The number of hydrogen-bond acceptors (Lipinski definition) is 5. The Morgan fingerprint density at radius 3 is 2.21 bits per heavy atom. The Hall–Kier alpha value is -3.07. The van der Waals surface area contributed by atoms with Gasteiger partial charge in [0.25, 0.3) is 5.91 Å². The number of amides is 1. The van der Waals surface area contributed by atoms with Crippen LogP contribution in [0.25, 0.3) is 11.3 Å². The highest BCUT2D eigenvalue weighted by atomic mass is 32.2. The summed E-state index contributed by atoms with van der Waals surface area (Å²) in [5.74, 6) is -0.286. The van der Waals surface area contributed by atoms with Gasteiger partial charge in [0.2, 0.25) is 10.0 Å². The van der Waals surface area contributed by atoms with Crippen molar-refractivity contribution in [3.8, 4) is 11.3 Å². The molecular weight excluding hydrogens is 436 g/mol. The summed E-state index contributed by atoms with van der Waals surface area (Å²) >= 11 is 0. The van der Waals surface area contributed by atoms with Gasteiger partial charge in [-0.15, -0.1) is 0 Å². The zero-order valence-electron chi connectivity index (χ0n) is 18.9. The number of aryl methyl sites for hydroxylation is 1. The van der Waals surface area contributed by atoms with Gasteiger partial charge in [-0.2, -0.15) is 4.31 Å². The van der Waals surface area contributed by atoms with Gasteiger partial charge in [0.15, 0.2) is 0 Å². The summed E-state index contributed by atoms with van der Waals surface area (Å²) in [7, 11) is -3.54. The van der Waals surface area contributed by atoms with Gasteiger partial charge in [0.1, 0.15) is 0 Å². The van der Waals surface area contributed by atoms with Crippen LogP contribution in [0.4, 0.5) is 5.69 Å². The zero-order chi connectivity index (χ0) is 23.4. The number of likely N-dealkylation sites (N-methyl/N-ethyl adjacent to an activating group) is 1. The largest absolute Gasteiger partial charge is 0.322 e. The number of anilines is 1. The summed E-state index contributed by atoms with van der Waals surface area (Å²) in [6.07, 6.45) is 0. The molecule has 8 heteroatoms. The normalized spacial score (nSPS) is 15.3. The highest BCUT2D eigenvalue weighted by molar-refractivity contribution is 7.89. The highest BCUT2D eigenvalue weighted by Gasteiger charge is 2.28. The molecule has 0 unspecified atom stereocenters. The van der Waals surface area contributed by atoms with Crippen LogP contribution in [-0.2, 0) is 10.0 Å². The molecule has 2 aromatic carbocycles. The van der Waals surface area contributed by atoms with Crippen molar-refractivity contribution in [1.29, 1.82) is 0 Å². The standard InChI is InChI=1S/C25H28N4O3S/c1-3-28-15-17-29(18-16-28)33(31,32)22-11-9-21(10-12-22)27-25(30)23-13-14-24(26-19(23)2)20-7-5-4-6-8-20/h4-14H,3,15-18H2,1-2H3,(H,27,30). The Morgan fingerprint density at radius 2 is 1.61 bits per heavy atom. The fourth-order valence-electron chi connectivity index (χ4n) is 3.91. The van der Waals surface area contributed by atoms with E-state index in [1.807, 2.05) is 36.4 Å². The van der Waals surface area contributed by atoms with E-state index in [-0.39, 0.29) is 10.8 Å². The van der Waals surface area contributed by atoms with Crippen LogP contribution in [0.2, 0.25) is 0 Å². The maximum Gasteiger partial charge on any atom is 0.257 e. The average Bonchev–Trinajstić information content (AvgIpc) is 2.85. The average molecular weight is 465 g/mol. The Bertz CT molecular complexity index is 1220. The smallest absolute Gasteiger partial charge is 0.257 e. The lowest BCUT2D eigenvalue weighted by atomic mass is 10.1. The Kier molecular flexibility index (Phi) is 6.88. The molecule has 1 N–H and O–H groups in total. The molecule has 4 rings (SSSR count). The molecule has 1 aromatic heterocycles. The number of nitrogens with zero attached hydrogens (tertiary/aromatic N) is 3. The second kappa shape index (κ2) is 9.82. The number of hydrogen-bond donors (Lipinski definition) is 1. The number of benzene rings is 2. The van der Waals surface area contributed by atoms with Gasteiger partial charge in [-0.3, -0.25) is 9.78 Å². The lowest BCUT2D eigenvalue weighted by Gasteiger charge is -2.33. The molecule has 0 aliphatic carbocycles. The molecule has 0 radical (unpaired) electrons. The van der Waals surface area contributed by atoms with Crippen molar-refractivity contribution in [2.45, 2.75) is 18.7 Å². The van der Waals surface area contributed by atoms with Gasteiger partial charge < -0.3 is 10.2 Å². The highest BCUT2D eigenvalue weighted by Crippen LogP contribution is 2.22. The third-order valence-electron chi connectivity index (χ3n) is 5.93. The number of piperazine rings is 1. The van der Waals surface area contributed by atoms with E-state index in [1.165, 1.54) is 4.31 Å². The van der Waals surface area contributed by atoms with Crippen molar-refractivity contribution in [1.82, 2.24) is 14.2 Å². The van der Waals surface area contributed by atoms with E-state index < -0.39 is 10.0 Å². The third kappa shape index (κ3) is 5.13. The van der Waals surface area contributed by atoms with Gasteiger partial charge in [-0.1, -0.05) is 37.3 Å². The van der Waals surface area contributed by atoms with Crippen LogP contribution >= 0.6 is 0 Å². The third-order valence-corrected chi connectivity index (χ3v) is 7.84. The second-order valence-electron chi connectivity index (χ2n) is 8.01. The van der Waals surface area contributed by atoms with E-state index in [1.54, 1.807) is 37.3 Å². The number of aromatic nitrogens is 1. The summed E-state index contributed by atoms with van der Waals surface area (Å²) in [5, 5.41) is 2.84. The number of rotatable bonds is 6. The topological polar surface area (TPSA) is 82.6 Å². The second-order valence-corrected chi connectivity index (χ2v) is 9.95. The quantitative estimate of drug-likeness (QED) is 0.602. The molecule has 1 saturated heterocycles. The van der Waals surface area contributed by atoms with Crippen LogP contribution in [0, 0.1) is 6.92 Å². The maximum atomic E-state index is 12.9. The summed E-state index contributed by atoms with van der Waals surface area (Å²) in [6.45, 7) is 7.24. The van der Waals surface area contributed by atoms with E-state index in [4.69, 9.17) is 0 Å². The van der Waals surface area contributed by atoms with Gasteiger partial charge in [0.05, 0.1) is 21.8 Å². The predicted octanol–water partition coefficient (Wildman–Crippen LogP) is 3.64. The predicted molar refractivity (Wildman–Crippen MR) is 130 cm³/mol. The number of sulfonamides is 1. The van der Waals surface area contributed by atoms with Gasteiger partial charge in [0, 0.05) is 37.4 Å². The molecule has 0 bridgehead atoms. The molecular formula is C25H28N4O3S. The van der Waals surface area contributed by atoms with Crippen molar-refractivity contribution in [3.63, 3.8) is 0 Å². The van der Waals surface area contributed by atoms with Crippen LogP contribution in [0.5, 0.6) is 0 Å². The molecule has 2 heterocycles. The molecule has 7 nitrogen and oxygen atoms in total. The first-order valence-corrected chi connectivity index (χ1v) is 12.5. The van der Waals surface area contributed by atoms with Crippen molar-refractivity contribution < 1.29 is 13.2 Å². The zero-order valence-corrected chi connectivity index (χ0v) is 19.7. The summed E-state index contributed by atoms with van der Waals surface area (Å²) in [5.41, 5.74) is 3.42. The maximum absolute atomic E-state index is 12.9. The summed E-state index contributed by atoms with van der Waals surface area (Å²) < 4.78 is 27.4. The summed E-state index contributed by atoms with van der Waals surface area (Å²) in [6, 6.07) is 19.7. The van der Waals surface area contributed by atoms with Crippen molar-refractivity contribution in [2.24, 2.45) is 0 Å². The van der Waals surface area contributed by atoms with Crippen LogP contribution in [0.15, 0.2) is 71.6 Å². The molecule has 3 aromatic rings. The van der Waals surface area contributed by atoms with Crippen LogP contribution in [0.3, 0.4) is 0 Å². The number of pyridine rings is 1. The van der Waals surface area contributed by atoms with E-state index in [2.05, 4.69) is 22.1 Å². The molecule has 1 amide bonds. The number of nitrogens with one attached hydrogen (secondary N) is 1. The van der Waals surface area contributed by atoms with Gasteiger partial charge in [-0.05, 0) is 49.9 Å². The monoisotopic (exact) mass is 464 g/mol. The first kappa shape index (κ1) is 23.1. The molecule has 33 heavy (non-hydrogen) atoms. The Balaban J connectivity index is 1.44. The van der Waals surface area contributed by atoms with Crippen molar-refractivity contribution in [2.75, 3.05) is 38.0 Å². The first-order chi connectivity index (χ1) is 15.9. The molecule has 0 spiro atoms. The first-order valence-electron chi connectivity index (χ1n) is 11.1. The van der Waals surface area contributed by atoms with E-state index in [0.29, 0.717) is 30.0 Å². The minimum atomic E-state index is -3.54. The summed E-state index contributed by atoms with van der Waals surface area (Å²) in [4.78, 5) is 19.8. The lowest BCUT2D eigenvalue weighted by molar-refractivity contribution is 0.102. The van der Waals surface area contributed by atoms with E-state index in [0.717, 1.165) is 30.9 Å². The molecule has 1 aliphatic rings. The fraction of sp³-hybridized carbons (Fsp3) is 0.280. The Morgan fingerprint density at radius 1 is 0.939 bits per heavy atom. The SMILES string of the molecule is CCN1CCN(S(=O)(=O)c2ccc(NC(=O)c3ccc(-c4ccccc4)nc3C)cc2)CC1. The minimum absolute atomic E-state index is 0.232. The molecule has 1 aliphatic heterocycles. The fourth-order valence-corrected chi connectivity index (χ4v) is 5.34.